The molecule has 0 atom stereocenters. The van der Waals surface area contributed by atoms with Gasteiger partial charge >= 0.3 is 0 Å². The lowest BCUT2D eigenvalue weighted by Gasteiger charge is -1.99. The lowest BCUT2D eigenvalue weighted by Crippen LogP contribution is -1.99. The van der Waals surface area contributed by atoms with Gasteiger partial charge in [-0.3, -0.25) is 4.68 Å². The smallest absolute Gasteiger partial charge is 0.266 e. The predicted molar refractivity (Wildman–Crippen MR) is 76.4 cm³/mol. The van der Waals surface area contributed by atoms with Gasteiger partial charge in [0.2, 0.25) is 5.89 Å². The molecule has 0 radical (unpaired) electrons. The van der Waals surface area contributed by atoms with Gasteiger partial charge in [-0.05, 0) is 32.0 Å². The fraction of sp³-hybridized carbons (Fsp3) is 0.214. The summed E-state index contributed by atoms with van der Waals surface area (Å²) in [5, 5.41) is 13.1. The molecule has 0 saturated carbocycles. The summed E-state index contributed by atoms with van der Waals surface area (Å²) >= 11 is 6.13. The molecule has 0 aliphatic rings. The minimum atomic E-state index is 0.409. The minimum Gasteiger partial charge on any atom is -0.415 e. The van der Waals surface area contributed by atoms with Crippen molar-refractivity contribution >= 4 is 11.6 Å². The van der Waals surface area contributed by atoms with Crippen LogP contribution in [0.15, 0.2) is 34.7 Å². The fourth-order valence-corrected chi connectivity index (χ4v) is 2.25. The van der Waals surface area contributed by atoms with Gasteiger partial charge < -0.3 is 4.42 Å². The topological polar surface area (TPSA) is 56.7 Å². The molecule has 0 aliphatic carbocycles. The minimum absolute atomic E-state index is 0.409. The number of aryl methyl sites for hydroxylation is 2. The van der Waals surface area contributed by atoms with Crippen LogP contribution < -0.4 is 0 Å². The first-order chi connectivity index (χ1) is 9.69. The Morgan fingerprint density at radius 1 is 1.20 bits per heavy atom. The number of hydrogen-bond donors (Lipinski definition) is 0. The van der Waals surface area contributed by atoms with Crippen LogP contribution in [0.25, 0.3) is 23.0 Å². The van der Waals surface area contributed by atoms with Crippen molar-refractivity contribution < 1.29 is 4.42 Å². The third kappa shape index (κ3) is 2.20. The van der Waals surface area contributed by atoms with E-state index >= 15 is 0 Å². The Hall–Kier alpha value is -2.14. The molecular formula is C14H13ClN4O. The largest absolute Gasteiger partial charge is 0.415 e. The van der Waals surface area contributed by atoms with Crippen LogP contribution in [0.5, 0.6) is 0 Å². The second-order valence-corrected chi connectivity index (χ2v) is 4.79. The van der Waals surface area contributed by atoms with E-state index in [9.17, 15) is 0 Å². The summed E-state index contributed by atoms with van der Waals surface area (Å²) in [7, 11) is 0. The van der Waals surface area contributed by atoms with Crippen LogP contribution in [-0.4, -0.2) is 20.0 Å². The lowest BCUT2D eigenvalue weighted by atomic mass is 10.2. The molecule has 2 aromatic heterocycles. The van der Waals surface area contributed by atoms with Crippen LogP contribution >= 0.6 is 11.6 Å². The monoisotopic (exact) mass is 288 g/mol. The molecule has 3 aromatic rings. The van der Waals surface area contributed by atoms with E-state index in [0.29, 0.717) is 16.8 Å². The Morgan fingerprint density at radius 3 is 2.70 bits per heavy atom. The maximum Gasteiger partial charge on any atom is 0.266 e. The lowest BCUT2D eigenvalue weighted by molar-refractivity contribution is 0.566. The van der Waals surface area contributed by atoms with Gasteiger partial charge in [-0.15, -0.1) is 10.2 Å². The van der Waals surface area contributed by atoms with E-state index in [-0.39, 0.29) is 0 Å². The number of rotatable bonds is 3. The summed E-state index contributed by atoms with van der Waals surface area (Å²) < 4.78 is 7.56. The van der Waals surface area contributed by atoms with Gasteiger partial charge in [0.25, 0.3) is 5.89 Å². The standard InChI is InChI=1S/C14H13ClN4O/c1-3-19-12(8-9(2)18-19)14-17-16-13(20-14)10-6-4-5-7-11(10)15/h4-8H,3H2,1-2H3. The highest BCUT2D eigenvalue weighted by molar-refractivity contribution is 6.33. The van der Waals surface area contributed by atoms with Gasteiger partial charge in [-0.25, -0.2) is 0 Å². The highest BCUT2D eigenvalue weighted by atomic mass is 35.5. The highest BCUT2D eigenvalue weighted by Gasteiger charge is 2.16. The van der Waals surface area contributed by atoms with Gasteiger partial charge in [0, 0.05) is 6.54 Å². The number of benzene rings is 1. The number of halogens is 1. The Kier molecular flexibility index (Phi) is 3.28. The van der Waals surface area contributed by atoms with Crippen molar-refractivity contribution in [2.45, 2.75) is 20.4 Å². The molecule has 0 amide bonds. The molecule has 2 heterocycles. The number of nitrogens with zero attached hydrogens (tertiary/aromatic N) is 4. The molecule has 0 fully saturated rings. The molecule has 0 spiro atoms. The van der Waals surface area contributed by atoms with Crippen LogP contribution in [0.2, 0.25) is 5.02 Å². The van der Waals surface area contributed by atoms with E-state index in [4.69, 9.17) is 16.0 Å². The zero-order chi connectivity index (χ0) is 14.1. The first-order valence-electron chi connectivity index (χ1n) is 6.32. The Labute approximate surface area is 121 Å². The van der Waals surface area contributed by atoms with E-state index in [1.807, 2.05) is 42.8 Å². The van der Waals surface area contributed by atoms with Crippen molar-refractivity contribution in [2.24, 2.45) is 0 Å². The van der Waals surface area contributed by atoms with E-state index in [1.54, 1.807) is 6.07 Å². The quantitative estimate of drug-likeness (QED) is 0.739. The Balaban J connectivity index is 2.04. The Morgan fingerprint density at radius 2 is 1.95 bits per heavy atom. The highest BCUT2D eigenvalue weighted by Crippen LogP contribution is 2.29. The normalized spacial score (nSPS) is 10.9. The van der Waals surface area contributed by atoms with Crippen LogP contribution in [0.3, 0.4) is 0 Å². The molecule has 5 nitrogen and oxygen atoms in total. The molecule has 0 saturated heterocycles. The maximum absolute atomic E-state index is 6.13. The van der Waals surface area contributed by atoms with Crippen molar-refractivity contribution in [3.63, 3.8) is 0 Å². The summed E-state index contributed by atoms with van der Waals surface area (Å²) in [6.45, 7) is 4.69. The average Bonchev–Trinajstić information content (AvgIpc) is 3.05. The molecule has 1 aromatic carbocycles. The van der Waals surface area contributed by atoms with Crippen molar-refractivity contribution in [1.82, 2.24) is 20.0 Å². The van der Waals surface area contributed by atoms with Gasteiger partial charge in [-0.2, -0.15) is 5.10 Å². The van der Waals surface area contributed by atoms with Crippen LogP contribution in [0.4, 0.5) is 0 Å². The summed E-state index contributed by atoms with van der Waals surface area (Å²) in [6.07, 6.45) is 0. The van der Waals surface area contributed by atoms with E-state index in [1.165, 1.54) is 0 Å². The van der Waals surface area contributed by atoms with Crippen LogP contribution in [0.1, 0.15) is 12.6 Å². The zero-order valence-electron chi connectivity index (χ0n) is 11.2. The van der Waals surface area contributed by atoms with E-state index in [0.717, 1.165) is 23.5 Å². The Bertz CT molecular complexity index is 747. The van der Waals surface area contributed by atoms with Crippen molar-refractivity contribution in [3.05, 3.63) is 41.0 Å². The van der Waals surface area contributed by atoms with Gasteiger partial charge in [0.05, 0.1) is 16.3 Å². The molecule has 0 aliphatic heterocycles. The summed E-state index contributed by atoms with van der Waals surface area (Å²) in [6, 6.07) is 9.31. The average molecular weight is 289 g/mol. The molecule has 3 rings (SSSR count). The molecular weight excluding hydrogens is 276 g/mol. The molecule has 0 unspecified atom stereocenters. The van der Waals surface area contributed by atoms with Crippen LogP contribution in [0, 0.1) is 6.92 Å². The maximum atomic E-state index is 6.13. The van der Waals surface area contributed by atoms with Crippen molar-refractivity contribution in [1.29, 1.82) is 0 Å². The predicted octanol–water partition coefficient (Wildman–Crippen LogP) is 3.58. The van der Waals surface area contributed by atoms with Crippen LogP contribution in [-0.2, 0) is 6.54 Å². The molecule has 102 valence electrons. The SMILES string of the molecule is CCn1nc(C)cc1-c1nnc(-c2ccccc2Cl)o1. The second-order valence-electron chi connectivity index (χ2n) is 4.38. The molecule has 0 bridgehead atoms. The fourth-order valence-electron chi connectivity index (χ4n) is 2.03. The van der Waals surface area contributed by atoms with E-state index < -0.39 is 0 Å². The third-order valence-electron chi connectivity index (χ3n) is 2.95. The molecule has 20 heavy (non-hydrogen) atoms. The van der Waals surface area contributed by atoms with Crippen molar-refractivity contribution in [3.8, 4) is 23.0 Å². The van der Waals surface area contributed by atoms with Gasteiger partial charge in [-0.1, -0.05) is 23.7 Å². The number of aromatic nitrogens is 4. The molecule has 0 N–H and O–H groups in total. The summed E-state index contributed by atoms with van der Waals surface area (Å²) in [4.78, 5) is 0. The molecule has 6 heteroatoms. The number of hydrogen-bond acceptors (Lipinski definition) is 4. The first-order valence-corrected chi connectivity index (χ1v) is 6.70. The second kappa shape index (κ2) is 5.09. The zero-order valence-corrected chi connectivity index (χ0v) is 11.9. The van der Waals surface area contributed by atoms with Gasteiger partial charge in [0.15, 0.2) is 0 Å². The van der Waals surface area contributed by atoms with Crippen molar-refractivity contribution in [2.75, 3.05) is 0 Å². The third-order valence-corrected chi connectivity index (χ3v) is 3.28. The van der Waals surface area contributed by atoms with E-state index in [2.05, 4.69) is 15.3 Å². The first kappa shape index (κ1) is 12.9. The summed E-state index contributed by atoms with van der Waals surface area (Å²) in [5.74, 6) is 0.856. The summed E-state index contributed by atoms with van der Waals surface area (Å²) in [5.41, 5.74) is 2.46. The van der Waals surface area contributed by atoms with Gasteiger partial charge in [0.1, 0.15) is 5.69 Å².